The highest BCUT2D eigenvalue weighted by Crippen LogP contribution is 2.27. The first-order valence-electron chi connectivity index (χ1n) is 12.2. The molecule has 0 saturated heterocycles. The lowest BCUT2D eigenvalue weighted by atomic mass is 10.0. The van der Waals surface area contributed by atoms with Crippen molar-refractivity contribution in [3.8, 4) is 0 Å². The maximum Gasteiger partial charge on any atom is 0.255 e. The number of hydrogen-bond acceptors (Lipinski definition) is 5. The Bertz CT molecular complexity index is 1500. The second-order valence-electron chi connectivity index (χ2n) is 8.95. The first-order valence-corrected chi connectivity index (χ1v) is 15.0. The molecule has 10 heteroatoms. The number of anilines is 1. The van der Waals surface area contributed by atoms with Gasteiger partial charge in [0.2, 0.25) is 20.0 Å². The van der Waals surface area contributed by atoms with E-state index in [0.29, 0.717) is 37.3 Å². The maximum absolute atomic E-state index is 13.1. The van der Waals surface area contributed by atoms with Gasteiger partial charge in [0.05, 0.1) is 9.79 Å². The van der Waals surface area contributed by atoms with E-state index in [1.807, 2.05) is 13.0 Å². The van der Waals surface area contributed by atoms with Crippen molar-refractivity contribution in [1.82, 2.24) is 8.61 Å². The van der Waals surface area contributed by atoms with Crippen LogP contribution < -0.4 is 5.32 Å². The van der Waals surface area contributed by atoms with Gasteiger partial charge < -0.3 is 5.32 Å². The van der Waals surface area contributed by atoms with E-state index in [2.05, 4.69) is 5.32 Å². The zero-order chi connectivity index (χ0) is 26.8. The minimum atomic E-state index is -3.63. The van der Waals surface area contributed by atoms with Crippen LogP contribution in [0.15, 0.2) is 76.5 Å². The Hall–Kier alpha value is -3.05. The molecular formula is C27H31N3O5S2. The molecule has 3 aromatic rings. The number of amides is 1. The van der Waals surface area contributed by atoms with Crippen LogP contribution in [0.3, 0.4) is 0 Å². The molecule has 1 aliphatic rings. The van der Waals surface area contributed by atoms with Gasteiger partial charge in [0.15, 0.2) is 0 Å². The van der Waals surface area contributed by atoms with Crippen molar-refractivity contribution in [2.24, 2.45) is 0 Å². The molecule has 0 fully saturated rings. The number of carbonyl (C=O) groups is 1. The summed E-state index contributed by atoms with van der Waals surface area (Å²) in [6.45, 7) is 6.79. The van der Waals surface area contributed by atoms with Gasteiger partial charge in [0.1, 0.15) is 0 Å². The molecule has 0 bridgehead atoms. The summed E-state index contributed by atoms with van der Waals surface area (Å²) < 4.78 is 54.5. The zero-order valence-corrected chi connectivity index (χ0v) is 22.8. The van der Waals surface area contributed by atoms with E-state index in [1.165, 1.54) is 32.9 Å². The van der Waals surface area contributed by atoms with Gasteiger partial charge in [-0.05, 0) is 73.0 Å². The van der Waals surface area contributed by atoms with E-state index in [0.717, 1.165) is 16.7 Å². The van der Waals surface area contributed by atoms with E-state index in [9.17, 15) is 21.6 Å². The molecule has 0 atom stereocenters. The second-order valence-corrected chi connectivity index (χ2v) is 12.8. The van der Waals surface area contributed by atoms with E-state index >= 15 is 0 Å². The van der Waals surface area contributed by atoms with Crippen LogP contribution in [0.1, 0.15) is 40.9 Å². The van der Waals surface area contributed by atoms with Crippen molar-refractivity contribution in [2.75, 3.05) is 25.0 Å². The summed E-state index contributed by atoms with van der Waals surface area (Å²) in [4.78, 5) is 13.2. The van der Waals surface area contributed by atoms with Gasteiger partial charge in [-0.1, -0.05) is 37.6 Å². The summed E-state index contributed by atoms with van der Waals surface area (Å²) in [6, 6.07) is 18.1. The van der Waals surface area contributed by atoms with Crippen molar-refractivity contribution >= 4 is 31.6 Å². The Morgan fingerprint density at radius 2 is 1.49 bits per heavy atom. The monoisotopic (exact) mass is 541 g/mol. The molecule has 1 heterocycles. The van der Waals surface area contributed by atoms with Crippen LogP contribution in [-0.2, 0) is 33.0 Å². The number of sulfonamides is 2. The third-order valence-electron chi connectivity index (χ3n) is 6.56. The summed E-state index contributed by atoms with van der Waals surface area (Å²) in [5, 5.41) is 2.84. The Kier molecular flexibility index (Phi) is 7.84. The molecule has 0 aliphatic carbocycles. The highest BCUT2D eigenvalue weighted by atomic mass is 32.2. The van der Waals surface area contributed by atoms with Crippen LogP contribution in [0.5, 0.6) is 0 Å². The summed E-state index contributed by atoms with van der Waals surface area (Å²) >= 11 is 0. The lowest BCUT2D eigenvalue weighted by molar-refractivity contribution is 0.102. The molecule has 8 nitrogen and oxygen atoms in total. The van der Waals surface area contributed by atoms with Crippen LogP contribution in [0.25, 0.3) is 0 Å². The van der Waals surface area contributed by atoms with E-state index in [-0.39, 0.29) is 22.2 Å². The molecule has 0 spiro atoms. The van der Waals surface area contributed by atoms with Crippen LogP contribution in [0.2, 0.25) is 0 Å². The average Bonchev–Trinajstić information content (AvgIpc) is 2.89. The largest absolute Gasteiger partial charge is 0.322 e. The fourth-order valence-electron chi connectivity index (χ4n) is 4.37. The fraction of sp³-hybridized carbons (Fsp3) is 0.296. The summed E-state index contributed by atoms with van der Waals surface area (Å²) in [7, 11) is -7.24. The SMILES string of the molecule is CCN(CC)S(=O)(=O)c1ccc(C(=O)Nc2ccc3c(c2)CN(S(=O)(=O)c2ccc(C)cc2)CC3)cc1. The number of fused-ring (bicyclic) bond motifs is 1. The van der Waals surface area contributed by atoms with Crippen molar-refractivity contribution in [1.29, 1.82) is 0 Å². The quantitative estimate of drug-likeness (QED) is 0.464. The van der Waals surface area contributed by atoms with Gasteiger partial charge in [-0.2, -0.15) is 8.61 Å². The Morgan fingerprint density at radius 3 is 2.11 bits per heavy atom. The van der Waals surface area contributed by atoms with Crippen molar-refractivity contribution in [3.63, 3.8) is 0 Å². The highest BCUT2D eigenvalue weighted by Gasteiger charge is 2.28. The van der Waals surface area contributed by atoms with Gasteiger partial charge in [-0.25, -0.2) is 16.8 Å². The standard InChI is InChI=1S/C27H31N3O5S2/c1-4-29(5-2)36(32,33)26-14-9-22(10-15-26)27(31)28-24-11-8-21-16-17-30(19-23(21)18-24)37(34,35)25-12-6-20(3)7-13-25/h6-15,18H,4-5,16-17,19H2,1-3H3,(H,28,31). The zero-order valence-electron chi connectivity index (χ0n) is 21.1. The predicted octanol–water partition coefficient (Wildman–Crippen LogP) is 4.02. The number of benzene rings is 3. The van der Waals surface area contributed by atoms with Gasteiger partial charge >= 0.3 is 0 Å². The molecule has 0 unspecified atom stereocenters. The molecule has 0 saturated carbocycles. The first kappa shape index (κ1) is 27.0. The van der Waals surface area contributed by atoms with Crippen LogP contribution in [0.4, 0.5) is 5.69 Å². The average molecular weight is 542 g/mol. The Morgan fingerprint density at radius 1 is 0.865 bits per heavy atom. The van der Waals surface area contributed by atoms with Crippen molar-refractivity contribution < 1.29 is 21.6 Å². The van der Waals surface area contributed by atoms with Crippen LogP contribution >= 0.6 is 0 Å². The minimum Gasteiger partial charge on any atom is -0.322 e. The smallest absolute Gasteiger partial charge is 0.255 e. The molecular weight excluding hydrogens is 510 g/mol. The number of aryl methyl sites for hydroxylation is 1. The van der Waals surface area contributed by atoms with Gasteiger partial charge in [-0.3, -0.25) is 4.79 Å². The van der Waals surface area contributed by atoms with Crippen LogP contribution in [-0.4, -0.2) is 51.0 Å². The summed E-state index contributed by atoms with van der Waals surface area (Å²) in [5.74, 6) is -0.383. The summed E-state index contributed by atoms with van der Waals surface area (Å²) in [5.41, 5.74) is 3.72. The van der Waals surface area contributed by atoms with Gasteiger partial charge in [-0.15, -0.1) is 0 Å². The molecule has 1 N–H and O–H groups in total. The van der Waals surface area contributed by atoms with Gasteiger partial charge in [0, 0.05) is 37.4 Å². The number of nitrogens with zero attached hydrogens (tertiary/aromatic N) is 2. The van der Waals surface area contributed by atoms with Gasteiger partial charge in [0.25, 0.3) is 5.91 Å². The summed E-state index contributed by atoms with van der Waals surface area (Å²) in [6.07, 6.45) is 0.580. The molecule has 0 aromatic heterocycles. The molecule has 3 aromatic carbocycles. The van der Waals surface area contributed by atoms with Crippen molar-refractivity contribution in [2.45, 2.75) is 43.5 Å². The number of nitrogens with one attached hydrogen (secondary N) is 1. The molecule has 1 aliphatic heterocycles. The second kappa shape index (κ2) is 10.7. The fourth-order valence-corrected chi connectivity index (χ4v) is 7.24. The molecule has 37 heavy (non-hydrogen) atoms. The number of rotatable bonds is 8. The molecule has 1 amide bonds. The third kappa shape index (κ3) is 5.62. The lowest BCUT2D eigenvalue weighted by Crippen LogP contribution is -2.36. The lowest BCUT2D eigenvalue weighted by Gasteiger charge is -2.28. The number of hydrogen-bond donors (Lipinski definition) is 1. The molecule has 196 valence electrons. The normalized spacial score (nSPS) is 14.4. The van der Waals surface area contributed by atoms with E-state index in [4.69, 9.17) is 0 Å². The first-order chi connectivity index (χ1) is 17.6. The Balaban J connectivity index is 1.49. The maximum atomic E-state index is 13.1. The predicted molar refractivity (Wildman–Crippen MR) is 143 cm³/mol. The molecule has 4 rings (SSSR count). The topological polar surface area (TPSA) is 104 Å². The van der Waals surface area contributed by atoms with E-state index in [1.54, 1.807) is 50.2 Å². The van der Waals surface area contributed by atoms with Crippen LogP contribution in [0, 0.1) is 6.92 Å². The van der Waals surface area contributed by atoms with E-state index < -0.39 is 20.0 Å². The Labute approximate surface area is 219 Å². The highest BCUT2D eigenvalue weighted by molar-refractivity contribution is 7.89. The minimum absolute atomic E-state index is 0.136. The number of carbonyl (C=O) groups excluding carboxylic acids is 1. The molecule has 0 radical (unpaired) electrons. The third-order valence-corrected chi connectivity index (χ3v) is 10.5. The van der Waals surface area contributed by atoms with Crippen molar-refractivity contribution in [3.05, 3.63) is 89.0 Å².